The first-order valence-electron chi connectivity index (χ1n) is 8.95. The number of hydrogen-bond acceptors (Lipinski definition) is 8. The molecule has 2 aliphatic heterocycles. The van der Waals surface area contributed by atoms with Crippen molar-refractivity contribution in [3.8, 4) is 0 Å². The smallest absolute Gasteiger partial charge is 0.231 e. The van der Waals surface area contributed by atoms with E-state index in [0.29, 0.717) is 23.3 Å². The summed E-state index contributed by atoms with van der Waals surface area (Å²) in [5.74, 6) is 3.45. The van der Waals surface area contributed by atoms with Crippen LogP contribution in [0.4, 0.5) is 17.7 Å². The van der Waals surface area contributed by atoms with E-state index in [9.17, 15) is 0 Å². The molecule has 2 aromatic heterocycles. The lowest BCUT2D eigenvalue weighted by atomic mass is 9.70. The molecule has 0 aromatic carbocycles. The normalized spacial score (nSPS) is 27.2. The number of aromatic nitrogens is 5. The molecule has 25 heavy (non-hydrogen) atoms. The number of rotatable bonds is 6. The molecule has 2 saturated heterocycles. The quantitative estimate of drug-likeness (QED) is 0.818. The fourth-order valence-corrected chi connectivity index (χ4v) is 4.17. The van der Waals surface area contributed by atoms with Crippen LogP contribution in [0.5, 0.6) is 0 Å². The van der Waals surface area contributed by atoms with Crippen molar-refractivity contribution >= 4 is 17.7 Å². The van der Waals surface area contributed by atoms with Gasteiger partial charge in [-0.2, -0.15) is 9.97 Å². The Morgan fingerprint density at radius 2 is 2.08 bits per heavy atom. The lowest BCUT2D eigenvalue weighted by Crippen LogP contribution is -2.41. The number of hydrogen-bond donors (Lipinski definition) is 2. The third kappa shape index (κ3) is 2.70. The monoisotopic (exact) mass is 338 g/mol. The topological polar surface area (TPSA) is 91.8 Å². The Balaban J connectivity index is 1.33. The summed E-state index contributed by atoms with van der Waals surface area (Å²) in [5.41, 5.74) is 0.402. The van der Waals surface area contributed by atoms with E-state index in [2.05, 4.69) is 35.5 Å². The zero-order chi connectivity index (χ0) is 16.9. The van der Waals surface area contributed by atoms with Crippen molar-refractivity contribution in [3.05, 3.63) is 24.4 Å². The third-order valence-electron chi connectivity index (χ3n) is 5.51. The molecule has 0 spiro atoms. The first-order chi connectivity index (χ1) is 12.2. The van der Waals surface area contributed by atoms with Crippen molar-refractivity contribution in [1.29, 1.82) is 0 Å². The van der Waals surface area contributed by atoms with E-state index >= 15 is 0 Å². The summed E-state index contributed by atoms with van der Waals surface area (Å²) in [6.07, 6.45) is 8.17. The Morgan fingerprint density at radius 3 is 2.88 bits per heavy atom. The molecule has 130 valence electrons. The molecule has 8 nitrogen and oxygen atoms in total. The second-order valence-corrected chi connectivity index (χ2v) is 7.53. The second-order valence-electron chi connectivity index (χ2n) is 7.53. The summed E-state index contributed by atoms with van der Waals surface area (Å²) in [6, 6.07) is 2.43. The molecular formula is C17H22N8. The molecule has 4 aliphatic rings. The first-order valence-corrected chi connectivity index (χ1v) is 8.95. The highest BCUT2D eigenvalue weighted by Crippen LogP contribution is 2.52. The van der Waals surface area contributed by atoms with Gasteiger partial charge in [-0.05, 0) is 38.8 Å². The Kier molecular flexibility index (Phi) is 3.34. The molecule has 2 bridgehead atoms. The minimum Gasteiger partial charge on any atom is -0.337 e. The van der Waals surface area contributed by atoms with Crippen molar-refractivity contribution in [2.45, 2.75) is 37.6 Å². The van der Waals surface area contributed by atoms with Gasteiger partial charge in [0, 0.05) is 36.7 Å². The van der Waals surface area contributed by atoms with Crippen molar-refractivity contribution < 1.29 is 0 Å². The molecule has 4 heterocycles. The summed E-state index contributed by atoms with van der Waals surface area (Å²) < 4.78 is 0. The van der Waals surface area contributed by atoms with Crippen LogP contribution >= 0.6 is 0 Å². The largest absolute Gasteiger partial charge is 0.337 e. The number of anilines is 3. The molecular weight excluding hydrogens is 316 g/mol. The zero-order valence-electron chi connectivity index (χ0n) is 14.3. The van der Waals surface area contributed by atoms with Gasteiger partial charge in [0.25, 0.3) is 0 Å². The van der Waals surface area contributed by atoms with Gasteiger partial charge in [0.2, 0.25) is 11.9 Å². The summed E-state index contributed by atoms with van der Waals surface area (Å²) >= 11 is 0. The summed E-state index contributed by atoms with van der Waals surface area (Å²) in [5, 5.41) is 6.52. The van der Waals surface area contributed by atoms with Crippen LogP contribution in [-0.2, 0) is 0 Å². The highest BCUT2D eigenvalue weighted by atomic mass is 15.3. The molecule has 2 aliphatic carbocycles. The van der Waals surface area contributed by atoms with Gasteiger partial charge in [-0.25, -0.2) is 15.0 Å². The van der Waals surface area contributed by atoms with E-state index in [0.717, 1.165) is 30.7 Å². The molecule has 0 unspecified atom stereocenters. The summed E-state index contributed by atoms with van der Waals surface area (Å²) in [7, 11) is 2.02. The minimum atomic E-state index is 0.402. The van der Waals surface area contributed by atoms with Gasteiger partial charge in [0.05, 0.1) is 0 Å². The minimum absolute atomic E-state index is 0.402. The van der Waals surface area contributed by atoms with E-state index < -0.39 is 0 Å². The van der Waals surface area contributed by atoms with Crippen LogP contribution in [0.3, 0.4) is 0 Å². The second kappa shape index (κ2) is 5.59. The molecule has 2 saturated carbocycles. The van der Waals surface area contributed by atoms with E-state index in [1.54, 1.807) is 12.5 Å². The SMILES string of the molecule is CNCC12CC(C1)N(c1nccc(Nc3ncnc(C4CC4)n3)n1)C2. The standard InChI is InChI=1S/C17H22N8/c1-18-8-17-6-12(7-17)25(9-17)16-19-5-4-13(23-16)22-15-21-10-20-14(24-15)11-2-3-11/h4-5,10-12,18H,2-3,6-9H2,1H3,(H,19,20,21,22,23,24). The van der Waals surface area contributed by atoms with E-state index in [1.807, 2.05) is 13.1 Å². The van der Waals surface area contributed by atoms with E-state index in [-0.39, 0.29) is 0 Å². The van der Waals surface area contributed by atoms with E-state index in [4.69, 9.17) is 4.98 Å². The molecule has 2 N–H and O–H groups in total. The lowest BCUT2D eigenvalue weighted by molar-refractivity contribution is 0.196. The maximum absolute atomic E-state index is 4.69. The first kappa shape index (κ1) is 14.9. The fraction of sp³-hybridized carbons (Fsp3) is 0.588. The van der Waals surface area contributed by atoms with Crippen molar-refractivity contribution in [1.82, 2.24) is 30.2 Å². The highest BCUT2D eigenvalue weighted by Gasteiger charge is 2.55. The van der Waals surface area contributed by atoms with Gasteiger partial charge in [-0.15, -0.1) is 0 Å². The van der Waals surface area contributed by atoms with Gasteiger partial charge in [0.1, 0.15) is 18.0 Å². The van der Waals surface area contributed by atoms with Gasteiger partial charge < -0.3 is 15.5 Å². The molecule has 8 heteroatoms. The van der Waals surface area contributed by atoms with Crippen LogP contribution in [-0.4, -0.2) is 51.1 Å². The predicted molar refractivity (Wildman–Crippen MR) is 93.8 cm³/mol. The molecule has 0 atom stereocenters. The van der Waals surface area contributed by atoms with Crippen LogP contribution in [0.25, 0.3) is 0 Å². The van der Waals surface area contributed by atoms with Crippen molar-refractivity contribution in [2.75, 3.05) is 30.4 Å². The van der Waals surface area contributed by atoms with Crippen LogP contribution in [0.1, 0.15) is 37.4 Å². The van der Waals surface area contributed by atoms with Gasteiger partial charge in [-0.3, -0.25) is 0 Å². The zero-order valence-corrected chi connectivity index (χ0v) is 14.3. The number of fused-ring (bicyclic) bond motifs is 1. The van der Waals surface area contributed by atoms with Crippen LogP contribution in [0.15, 0.2) is 18.6 Å². The highest BCUT2D eigenvalue weighted by molar-refractivity contribution is 5.51. The van der Waals surface area contributed by atoms with Crippen molar-refractivity contribution in [3.63, 3.8) is 0 Å². The molecule has 4 fully saturated rings. The maximum atomic E-state index is 4.69. The average Bonchev–Trinajstić information content (AvgIpc) is 3.30. The average molecular weight is 338 g/mol. The number of nitrogens with one attached hydrogen (secondary N) is 2. The fourth-order valence-electron chi connectivity index (χ4n) is 4.17. The van der Waals surface area contributed by atoms with Gasteiger partial charge >= 0.3 is 0 Å². The Hall–Kier alpha value is -2.35. The van der Waals surface area contributed by atoms with Crippen LogP contribution in [0, 0.1) is 5.41 Å². The molecule has 0 amide bonds. The Morgan fingerprint density at radius 1 is 1.20 bits per heavy atom. The summed E-state index contributed by atoms with van der Waals surface area (Å²) in [6.45, 7) is 2.09. The Labute approximate surface area is 146 Å². The third-order valence-corrected chi connectivity index (χ3v) is 5.51. The van der Waals surface area contributed by atoms with Crippen LogP contribution in [0.2, 0.25) is 0 Å². The van der Waals surface area contributed by atoms with Gasteiger partial charge in [0.15, 0.2) is 0 Å². The Bertz CT molecular complexity index is 784. The molecule has 0 radical (unpaired) electrons. The molecule has 6 rings (SSSR count). The number of nitrogens with zero attached hydrogens (tertiary/aromatic N) is 6. The van der Waals surface area contributed by atoms with Crippen molar-refractivity contribution in [2.24, 2.45) is 5.41 Å². The summed E-state index contributed by atoms with van der Waals surface area (Å²) in [4.78, 5) is 24.5. The predicted octanol–water partition coefficient (Wildman–Crippen LogP) is 1.47. The maximum Gasteiger partial charge on any atom is 0.231 e. The lowest BCUT2D eigenvalue weighted by Gasteiger charge is -2.36. The van der Waals surface area contributed by atoms with Gasteiger partial charge in [-0.1, -0.05) is 0 Å². The molecule has 2 aromatic rings. The van der Waals surface area contributed by atoms with E-state index in [1.165, 1.54) is 25.7 Å². The van der Waals surface area contributed by atoms with Crippen LogP contribution < -0.4 is 15.5 Å².